The van der Waals surface area contributed by atoms with Crippen LogP contribution in [0.1, 0.15) is 11.7 Å². The summed E-state index contributed by atoms with van der Waals surface area (Å²) in [7, 11) is 0. The summed E-state index contributed by atoms with van der Waals surface area (Å²) in [5, 5.41) is 38.2. The van der Waals surface area contributed by atoms with Gasteiger partial charge in [-0.2, -0.15) is 0 Å². The number of nitrogens with two attached hydrogens (primary N) is 1. The number of nitrogens with one attached hydrogen (secondary N) is 2. The molecule has 0 spiro atoms. The first-order valence-electron chi connectivity index (χ1n) is 5.79. The van der Waals surface area contributed by atoms with Gasteiger partial charge in [0.25, 0.3) is 5.56 Å². The molecule has 10 heteroatoms. The molecule has 0 radical (unpaired) electrons. The zero-order chi connectivity index (χ0) is 15.0. The molecule has 0 aliphatic carbocycles. The van der Waals surface area contributed by atoms with Gasteiger partial charge in [0.05, 0.1) is 12.2 Å². The molecule has 2 heterocycles. The minimum absolute atomic E-state index is 0.290. The third-order valence-electron chi connectivity index (χ3n) is 3.19. The van der Waals surface area contributed by atoms with Crippen LogP contribution in [0.4, 0.5) is 5.82 Å². The van der Waals surface area contributed by atoms with Gasteiger partial charge in [-0.3, -0.25) is 14.8 Å². The number of aliphatic hydroxyl groups excluding tert-OH is 4. The van der Waals surface area contributed by atoms with Gasteiger partial charge < -0.3 is 30.9 Å². The number of H-pyrrole nitrogens is 2. The average Bonchev–Trinajstić information content (AvgIpc) is 2.37. The van der Waals surface area contributed by atoms with E-state index in [1.165, 1.54) is 0 Å². The molecular formula is C10H15N3O7. The SMILES string of the molecule is Nc1[nH]c(=O)[nH]c(=O)c1[C@H]1O[C@H](CO)[C@@H](O)[C@H](O)[C@H]1O. The highest BCUT2D eigenvalue weighted by molar-refractivity contribution is 5.39. The number of hydrogen-bond acceptors (Lipinski definition) is 8. The smallest absolute Gasteiger partial charge is 0.327 e. The fraction of sp³-hybridized carbons (Fsp3) is 0.600. The Bertz CT molecular complexity index is 595. The van der Waals surface area contributed by atoms with Crippen LogP contribution in [0.2, 0.25) is 0 Å². The summed E-state index contributed by atoms with van der Waals surface area (Å²) in [6.45, 7) is -0.636. The summed E-state index contributed by atoms with van der Waals surface area (Å²) < 4.78 is 5.19. The molecule has 5 atom stereocenters. The van der Waals surface area contributed by atoms with Gasteiger partial charge in [-0.1, -0.05) is 0 Å². The summed E-state index contributed by atoms with van der Waals surface area (Å²) in [6.07, 6.45) is -7.41. The maximum absolute atomic E-state index is 11.7. The Kier molecular flexibility index (Phi) is 3.92. The van der Waals surface area contributed by atoms with Crippen molar-refractivity contribution in [2.45, 2.75) is 30.5 Å². The van der Waals surface area contributed by atoms with E-state index in [2.05, 4.69) is 4.98 Å². The fourth-order valence-electron chi connectivity index (χ4n) is 2.14. The molecule has 1 aromatic heterocycles. The first kappa shape index (κ1) is 14.7. The zero-order valence-electron chi connectivity index (χ0n) is 10.2. The Morgan fingerprint density at radius 3 is 2.30 bits per heavy atom. The molecule has 112 valence electrons. The highest BCUT2D eigenvalue weighted by Gasteiger charge is 2.45. The Hall–Kier alpha value is -1.72. The van der Waals surface area contributed by atoms with E-state index in [4.69, 9.17) is 15.6 Å². The van der Waals surface area contributed by atoms with E-state index in [0.717, 1.165) is 0 Å². The molecule has 1 saturated heterocycles. The number of aromatic nitrogens is 2. The Labute approximate surface area is 111 Å². The summed E-state index contributed by atoms with van der Waals surface area (Å²) in [6, 6.07) is 0. The van der Waals surface area contributed by atoms with E-state index in [-0.39, 0.29) is 11.4 Å². The van der Waals surface area contributed by atoms with Gasteiger partial charge >= 0.3 is 5.69 Å². The maximum Gasteiger partial charge on any atom is 0.327 e. The van der Waals surface area contributed by atoms with Crippen LogP contribution in [0.25, 0.3) is 0 Å². The number of ether oxygens (including phenoxy) is 1. The molecule has 20 heavy (non-hydrogen) atoms. The van der Waals surface area contributed by atoms with E-state index in [0.29, 0.717) is 0 Å². The molecule has 0 saturated carbocycles. The Morgan fingerprint density at radius 1 is 1.10 bits per heavy atom. The molecular weight excluding hydrogens is 274 g/mol. The van der Waals surface area contributed by atoms with Crippen molar-refractivity contribution in [1.29, 1.82) is 0 Å². The number of anilines is 1. The molecule has 1 aliphatic heterocycles. The van der Waals surface area contributed by atoms with Crippen LogP contribution < -0.4 is 17.0 Å². The summed E-state index contributed by atoms with van der Waals surface area (Å²) in [5.41, 5.74) is 3.49. The Balaban J connectivity index is 2.47. The number of nitrogen functional groups attached to an aromatic ring is 1. The lowest BCUT2D eigenvalue weighted by molar-refractivity contribution is -0.231. The predicted octanol–water partition coefficient (Wildman–Crippen LogP) is -3.84. The van der Waals surface area contributed by atoms with Crippen LogP contribution in [-0.2, 0) is 4.74 Å². The van der Waals surface area contributed by atoms with Crippen molar-refractivity contribution in [1.82, 2.24) is 9.97 Å². The lowest BCUT2D eigenvalue weighted by Gasteiger charge is -2.39. The van der Waals surface area contributed by atoms with E-state index < -0.39 is 48.4 Å². The lowest BCUT2D eigenvalue weighted by Crippen LogP contribution is -2.56. The molecule has 1 fully saturated rings. The number of aromatic amines is 2. The van der Waals surface area contributed by atoms with Crippen molar-refractivity contribution < 1.29 is 25.2 Å². The highest BCUT2D eigenvalue weighted by Crippen LogP contribution is 2.32. The lowest BCUT2D eigenvalue weighted by atomic mass is 9.92. The number of aliphatic hydroxyl groups is 4. The van der Waals surface area contributed by atoms with Gasteiger partial charge in [-0.25, -0.2) is 4.79 Å². The van der Waals surface area contributed by atoms with E-state index in [1.54, 1.807) is 0 Å². The average molecular weight is 289 g/mol. The van der Waals surface area contributed by atoms with Crippen molar-refractivity contribution >= 4 is 5.82 Å². The monoisotopic (exact) mass is 289 g/mol. The molecule has 0 unspecified atom stereocenters. The van der Waals surface area contributed by atoms with Gasteiger partial charge in [0, 0.05) is 0 Å². The summed E-state index contributed by atoms with van der Waals surface area (Å²) in [4.78, 5) is 26.8. The minimum Gasteiger partial charge on any atom is -0.394 e. The maximum atomic E-state index is 11.7. The van der Waals surface area contributed by atoms with Crippen LogP contribution in [0.15, 0.2) is 9.59 Å². The standard InChI is InChI=1S/C10H15N3O7/c11-8-3(9(18)13-10(19)12-8)7-6(17)5(16)4(15)2(1-14)20-7/h2,4-7,14-17H,1H2,(H4,11,12,13,18,19)/t2-,4-,5+,6-,7-/m1/s1. The third-order valence-corrected chi connectivity index (χ3v) is 3.19. The fourth-order valence-corrected chi connectivity index (χ4v) is 2.14. The molecule has 0 aromatic carbocycles. The van der Waals surface area contributed by atoms with Gasteiger partial charge in [-0.15, -0.1) is 0 Å². The van der Waals surface area contributed by atoms with Crippen molar-refractivity contribution in [2.24, 2.45) is 0 Å². The molecule has 0 amide bonds. The summed E-state index contributed by atoms with van der Waals surface area (Å²) in [5.74, 6) is -0.330. The van der Waals surface area contributed by atoms with Crippen molar-refractivity contribution in [3.63, 3.8) is 0 Å². The quantitative estimate of drug-likeness (QED) is 0.289. The third kappa shape index (κ3) is 2.34. The topological polar surface area (TPSA) is 182 Å². The minimum atomic E-state index is -1.65. The Morgan fingerprint density at radius 2 is 1.75 bits per heavy atom. The number of rotatable bonds is 2. The largest absolute Gasteiger partial charge is 0.394 e. The van der Waals surface area contributed by atoms with Gasteiger partial charge in [0.15, 0.2) is 0 Å². The van der Waals surface area contributed by atoms with Crippen LogP contribution in [0.5, 0.6) is 0 Å². The summed E-state index contributed by atoms with van der Waals surface area (Å²) >= 11 is 0. The first-order chi connectivity index (χ1) is 9.36. The predicted molar refractivity (Wildman–Crippen MR) is 64.8 cm³/mol. The molecule has 10 nitrogen and oxygen atoms in total. The zero-order valence-corrected chi connectivity index (χ0v) is 10.2. The first-order valence-corrected chi connectivity index (χ1v) is 5.79. The van der Waals surface area contributed by atoms with E-state index >= 15 is 0 Å². The van der Waals surface area contributed by atoms with E-state index in [1.807, 2.05) is 4.98 Å². The number of hydrogen-bond donors (Lipinski definition) is 7. The van der Waals surface area contributed by atoms with Gasteiger partial charge in [0.2, 0.25) is 0 Å². The highest BCUT2D eigenvalue weighted by atomic mass is 16.5. The molecule has 8 N–H and O–H groups in total. The second kappa shape index (κ2) is 5.34. The van der Waals surface area contributed by atoms with Crippen LogP contribution in [-0.4, -0.2) is 61.4 Å². The van der Waals surface area contributed by atoms with Crippen LogP contribution >= 0.6 is 0 Å². The van der Waals surface area contributed by atoms with Crippen LogP contribution in [0.3, 0.4) is 0 Å². The second-order valence-electron chi connectivity index (χ2n) is 4.49. The van der Waals surface area contributed by atoms with E-state index in [9.17, 15) is 24.9 Å². The van der Waals surface area contributed by atoms with Crippen molar-refractivity contribution in [2.75, 3.05) is 12.3 Å². The molecule has 1 aromatic rings. The van der Waals surface area contributed by atoms with Gasteiger partial charge in [-0.05, 0) is 0 Å². The van der Waals surface area contributed by atoms with Crippen LogP contribution in [0, 0.1) is 0 Å². The van der Waals surface area contributed by atoms with Crippen molar-refractivity contribution in [3.05, 3.63) is 26.4 Å². The molecule has 1 aliphatic rings. The molecule has 2 rings (SSSR count). The second-order valence-corrected chi connectivity index (χ2v) is 4.49. The molecule has 0 bridgehead atoms. The van der Waals surface area contributed by atoms with Gasteiger partial charge in [0.1, 0.15) is 36.3 Å². The normalized spacial score (nSPS) is 34.1. The van der Waals surface area contributed by atoms with Crippen molar-refractivity contribution in [3.8, 4) is 0 Å².